The Morgan fingerprint density at radius 3 is 2.44 bits per heavy atom. The van der Waals surface area contributed by atoms with Gasteiger partial charge in [0.1, 0.15) is 17.9 Å². The van der Waals surface area contributed by atoms with E-state index < -0.39 is 29.9 Å². The molecule has 0 saturated carbocycles. The number of carbonyl (C=O) groups excluding carboxylic acids is 3. The second kappa shape index (κ2) is 10.2. The van der Waals surface area contributed by atoms with E-state index in [1.54, 1.807) is 42.6 Å². The van der Waals surface area contributed by atoms with Crippen molar-refractivity contribution in [1.82, 2.24) is 20.5 Å². The van der Waals surface area contributed by atoms with Crippen LogP contribution >= 0.6 is 0 Å². The first kappa shape index (κ1) is 22.5. The van der Waals surface area contributed by atoms with Gasteiger partial charge in [-0.3, -0.25) is 24.2 Å². The van der Waals surface area contributed by atoms with Gasteiger partial charge >= 0.3 is 5.97 Å². The average Bonchev–Trinajstić information content (AvgIpc) is 2.79. The van der Waals surface area contributed by atoms with Gasteiger partial charge in [-0.15, -0.1) is 0 Å². The highest BCUT2D eigenvalue weighted by Gasteiger charge is 2.32. The molecule has 1 aliphatic heterocycles. The van der Waals surface area contributed by atoms with E-state index in [1.165, 1.54) is 4.90 Å². The van der Waals surface area contributed by atoms with Crippen molar-refractivity contribution in [1.29, 1.82) is 0 Å². The van der Waals surface area contributed by atoms with E-state index in [9.17, 15) is 24.3 Å². The lowest BCUT2D eigenvalue weighted by atomic mass is 10.0. The molecule has 1 aromatic heterocycles. The Labute approximate surface area is 183 Å². The molecule has 32 heavy (non-hydrogen) atoms. The summed E-state index contributed by atoms with van der Waals surface area (Å²) in [5.74, 6) is -3.51. The molecule has 0 aliphatic carbocycles. The van der Waals surface area contributed by atoms with E-state index in [1.807, 2.05) is 6.07 Å². The largest absolute Gasteiger partial charge is 0.511 e. The number of nitrogens with zero attached hydrogens (tertiary/aromatic N) is 2. The minimum Gasteiger partial charge on any atom is -0.511 e. The molecule has 3 rings (SSSR count). The van der Waals surface area contributed by atoms with Crippen LogP contribution < -0.4 is 10.6 Å². The van der Waals surface area contributed by atoms with Crippen molar-refractivity contribution in [2.45, 2.75) is 19.5 Å². The molecular weight excluding hydrogens is 416 g/mol. The Bertz CT molecular complexity index is 1050. The third-order valence-corrected chi connectivity index (χ3v) is 4.78. The highest BCUT2D eigenvalue weighted by atomic mass is 16.4. The third-order valence-electron chi connectivity index (χ3n) is 4.78. The van der Waals surface area contributed by atoms with Gasteiger partial charge in [-0.05, 0) is 29.8 Å². The Morgan fingerprint density at radius 1 is 1.03 bits per heavy atom. The van der Waals surface area contributed by atoms with Gasteiger partial charge in [0, 0.05) is 31.3 Å². The zero-order chi connectivity index (χ0) is 23.1. The van der Waals surface area contributed by atoms with Gasteiger partial charge in [-0.2, -0.15) is 0 Å². The number of pyridine rings is 1. The van der Waals surface area contributed by atoms with Crippen molar-refractivity contribution < 1.29 is 29.4 Å². The molecule has 1 aliphatic rings. The molecule has 0 atom stereocenters. The minimum atomic E-state index is -1.26. The molecule has 0 bridgehead atoms. The maximum absolute atomic E-state index is 12.7. The molecular formula is C22H22N4O6. The van der Waals surface area contributed by atoms with Crippen LogP contribution in [-0.2, 0) is 27.5 Å². The van der Waals surface area contributed by atoms with Crippen molar-refractivity contribution in [2.24, 2.45) is 0 Å². The van der Waals surface area contributed by atoms with Crippen LogP contribution in [0, 0.1) is 0 Å². The number of aliphatic carboxylic acids is 1. The van der Waals surface area contributed by atoms with Gasteiger partial charge in [0.05, 0.1) is 12.2 Å². The lowest BCUT2D eigenvalue weighted by Gasteiger charge is -2.28. The van der Waals surface area contributed by atoms with Gasteiger partial charge in [0.2, 0.25) is 0 Å². The number of hydrogen-bond donors (Lipinski definition) is 4. The predicted molar refractivity (Wildman–Crippen MR) is 112 cm³/mol. The van der Waals surface area contributed by atoms with Gasteiger partial charge < -0.3 is 25.7 Å². The number of rotatable bonds is 8. The van der Waals surface area contributed by atoms with Gasteiger partial charge in [-0.1, -0.05) is 18.2 Å². The van der Waals surface area contributed by atoms with Crippen LogP contribution in [0.4, 0.5) is 0 Å². The molecule has 0 radical (unpaired) electrons. The average molecular weight is 438 g/mol. The molecule has 2 aromatic rings. The van der Waals surface area contributed by atoms with E-state index >= 15 is 0 Å². The molecule has 10 heteroatoms. The van der Waals surface area contributed by atoms with Crippen LogP contribution in [0.2, 0.25) is 0 Å². The number of nitrogens with one attached hydrogen (secondary N) is 2. The van der Waals surface area contributed by atoms with Crippen molar-refractivity contribution in [3.63, 3.8) is 0 Å². The second-order valence-electron chi connectivity index (χ2n) is 7.08. The quantitative estimate of drug-likeness (QED) is 0.445. The number of amides is 3. The van der Waals surface area contributed by atoms with Crippen LogP contribution in [0.3, 0.4) is 0 Å². The lowest BCUT2D eigenvalue weighted by molar-refractivity contribution is -0.138. The van der Waals surface area contributed by atoms with Crippen molar-refractivity contribution in [3.05, 3.63) is 76.8 Å². The molecule has 2 heterocycles. The summed E-state index contributed by atoms with van der Waals surface area (Å²) in [6, 6.07) is 12.1. The fourth-order valence-electron chi connectivity index (χ4n) is 3.13. The molecule has 0 fully saturated rings. The summed E-state index contributed by atoms with van der Waals surface area (Å²) in [5.41, 5.74) is 1.45. The standard InChI is InChI=1S/C22H22N4O6/c27-17-8-10-26(22(32)19(17)21(31)25-12-18(28)29)13-14-4-6-15(7-5-14)20(30)24-11-16-3-1-2-9-23-16/h1-7,9,27H,8,10-13H2,(H,24,30)(H,25,31)(H,28,29). The number of carbonyl (C=O) groups is 4. The number of hydrogen-bond acceptors (Lipinski definition) is 6. The number of carboxylic acid groups (broad SMARTS) is 1. The summed E-state index contributed by atoms with van der Waals surface area (Å²) in [6.45, 7) is 0.00333. The van der Waals surface area contributed by atoms with Crippen molar-refractivity contribution in [3.8, 4) is 0 Å². The van der Waals surface area contributed by atoms with Crippen LogP contribution in [0.1, 0.15) is 28.0 Å². The Hall–Kier alpha value is -4.21. The number of aromatic nitrogens is 1. The van der Waals surface area contributed by atoms with E-state index in [0.717, 1.165) is 11.3 Å². The topological polar surface area (TPSA) is 149 Å². The maximum atomic E-state index is 12.7. The fourth-order valence-corrected chi connectivity index (χ4v) is 3.13. The van der Waals surface area contributed by atoms with Crippen LogP contribution in [0.25, 0.3) is 0 Å². The molecule has 0 saturated heterocycles. The third kappa shape index (κ3) is 5.69. The molecule has 4 N–H and O–H groups in total. The highest BCUT2D eigenvalue weighted by Crippen LogP contribution is 2.20. The van der Waals surface area contributed by atoms with E-state index in [2.05, 4.69) is 15.6 Å². The fraction of sp³-hybridized carbons (Fsp3) is 0.227. The smallest absolute Gasteiger partial charge is 0.322 e. The first-order valence-electron chi connectivity index (χ1n) is 9.83. The molecule has 1 aromatic carbocycles. The van der Waals surface area contributed by atoms with E-state index in [0.29, 0.717) is 12.1 Å². The molecule has 0 spiro atoms. The summed E-state index contributed by atoms with van der Waals surface area (Å²) in [5, 5.41) is 23.5. The zero-order valence-electron chi connectivity index (χ0n) is 17.1. The van der Waals surface area contributed by atoms with E-state index in [-0.39, 0.29) is 31.2 Å². The van der Waals surface area contributed by atoms with Crippen molar-refractivity contribution >= 4 is 23.7 Å². The van der Waals surface area contributed by atoms with Gasteiger partial charge in [-0.25, -0.2) is 0 Å². The lowest BCUT2D eigenvalue weighted by Crippen LogP contribution is -2.43. The van der Waals surface area contributed by atoms with Gasteiger partial charge in [0.25, 0.3) is 17.7 Å². The first-order chi connectivity index (χ1) is 15.3. The number of benzene rings is 1. The summed E-state index contributed by atoms with van der Waals surface area (Å²) < 4.78 is 0. The molecule has 10 nitrogen and oxygen atoms in total. The number of aliphatic hydroxyl groups excluding tert-OH is 1. The number of aliphatic hydroxyl groups is 1. The maximum Gasteiger partial charge on any atom is 0.322 e. The SMILES string of the molecule is O=C(O)CNC(=O)C1=C(O)CCN(Cc2ccc(C(=O)NCc3ccccn3)cc2)C1=O. The summed E-state index contributed by atoms with van der Waals surface area (Å²) in [7, 11) is 0. The molecule has 166 valence electrons. The predicted octanol–water partition coefficient (Wildman–Crippen LogP) is 0.757. The number of carboxylic acids is 1. The summed E-state index contributed by atoms with van der Waals surface area (Å²) >= 11 is 0. The normalized spacial score (nSPS) is 13.6. The minimum absolute atomic E-state index is 0.0789. The zero-order valence-corrected chi connectivity index (χ0v) is 17.1. The van der Waals surface area contributed by atoms with Crippen molar-refractivity contribution in [2.75, 3.05) is 13.1 Å². The Morgan fingerprint density at radius 2 is 1.78 bits per heavy atom. The van der Waals surface area contributed by atoms with Crippen LogP contribution in [-0.4, -0.2) is 56.9 Å². The first-order valence-corrected chi connectivity index (χ1v) is 9.83. The Balaban J connectivity index is 1.60. The Kier molecular flexibility index (Phi) is 7.17. The monoisotopic (exact) mass is 438 g/mol. The van der Waals surface area contributed by atoms with Crippen LogP contribution in [0.15, 0.2) is 60.0 Å². The summed E-state index contributed by atoms with van der Waals surface area (Å²) in [4.78, 5) is 53.2. The van der Waals surface area contributed by atoms with Gasteiger partial charge in [0.15, 0.2) is 0 Å². The summed E-state index contributed by atoms with van der Waals surface area (Å²) in [6.07, 6.45) is 1.73. The molecule has 3 amide bonds. The molecule has 0 unspecified atom stereocenters. The second-order valence-corrected chi connectivity index (χ2v) is 7.08. The van der Waals surface area contributed by atoms with E-state index in [4.69, 9.17) is 5.11 Å². The highest BCUT2D eigenvalue weighted by molar-refractivity contribution is 6.19. The van der Waals surface area contributed by atoms with Crippen LogP contribution in [0.5, 0.6) is 0 Å².